The Hall–Kier alpha value is -2.29. The summed E-state index contributed by atoms with van der Waals surface area (Å²) >= 11 is 0. The minimum absolute atomic E-state index is 0.530. The number of nitrogens with one attached hydrogen (secondary N) is 1. The second-order valence-electron chi connectivity index (χ2n) is 3.55. The van der Waals surface area contributed by atoms with Crippen molar-refractivity contribution in [1.29, 1.82) is 0 Å². The number of aryl methyl sites for hydroxylation is 1. The molecule has 6 nitrogen and oxygen atoms in total. The molecule has 2 heterocycles. The summed E-state index contributed by atoms with van der Waals surface area (Å²) in [5.74, 6) is 7.20. The van der Waals surface area contributed by atoms with Gasteiger partial charge < -0.3 is 5.73 Å². The van der Waals surface area contributed by atoms with Crippen molar-refractivity contribution >= 4 is 5.82 Å². The van der Waals surface area contributed by atoms with Crippen molar-refractivity contribution in [3.05, 3.63) is 12.0 Å². The second kappa shape index (κ2) is 4.70. The van der Waals surface area contributed by atoms with E-state index in [4.69, 9.17) is 5.73 Å². The largest absolute Gasteiger partial charge is 0.383 e. The van der Waals surface area contributed by atoms with E-state index in [1.165, 1.54) is 0 Å². The van der Waals surface area contributed by atoms with Crippen LogP contribution in [0.5, 0.6) is 0 Å². The number of nitrogen functional groups attached to an aromatic ring is 1. The van der Waals surface area contributed by atoms with Gasteiger partial charge in [0.25, 0.3) is 0 Å². The van der Waals surface area contributed by atoms with Crippen LogP contribution < -0.4 is 5.73 Å². The molecule has 0 saturated heterocycles. The number of aromatic amines is 1. The van der Waals surface area contributed by atoms with Crippen LogP contribution in [0.15, 0.2) is 6.20 Å². The van der Waals surface area contributed by atoms with Gasteiger partial charge in [0, 0.05) is 6.54 Å². The number of hydrogen-bond donors (Lipinski definition) is 2. The molecule has 17 heavy (non-hydrogen) atoms. The molecule has 2 aromatic heterocycles. The predicted octanol–water partition coefficient (Wildman–Crippen LogP) is 1.03. The van der Waals surface area contributed by atoms with E-state index in [-0.39, 0.29) is 0 Å². The van der Waals surface area contributed by atoms with E-state index in [0.717, 1.165) is 18.5 Å². The van der Waals surface area contributed by atoms with Gasteiger partial charge in [0.15, 0.2) is 5.82 Å². The van der Waals surface area contributed by atoms with Gasteiger partial charge >= 0.3 is 0 Å². The van der Waals surface area contributed by atoms with Gasteiger partial charge in [-0.25, -0.2) is 4.68 Å². The molecule has 0 saturated carbocycles. The molecule has 0 radical (unpaired) electrons. The van der Waals surface area contributed by atoms with Crippen molar-refractivity contribution in [3.63, 3.8) is 0 Å². The van der Waals surface area contributed by atoms with E-state index < -0.39 is 0 Å². The smallest absolute Gasteiger partial charge is 0.201 e. The van der Waals surface area contributed by atoms with Gasteiger partial charge in [-0.05, 0) is 19.3 Å². The highest BCUT2D eigenvalue weighted by Gasteiger charge is 2.13. The number of anilines is 1. The number of hydrogen-bond acceptors (Lipinski definition) is 4. The van der Waals surface area contributed by atoms with Crippen molar-refractivity contribution in [2.24, 2.45) is 0 Å². The third-order valence-corrected chi connectivity index (χ3v) is 2.29. The quantitative estimate of drug-likeness (QED) is 0.771. The Bertz CT molecular complexity index is 568. The lowest BCUT2D eigenvalue weighted by atomic mass is 10.3. The van der Waals surface area contributed by atoms with Gasteiger partial charge in [0.05, 0.1) is 11.8 Å². The molecule has 6 heteroatoms. The third kappa shape index (κ3) is 2.13. The maximum absolute atomic E-state index is 5.98. The molecule has 2 aromatic rings. The molecule has 0 aliphatic rings. The Morgan fingerprint density at radius 1 is 1.53 bits per heavy atom. The van der Waals surface area contributed by atoms with Crippen LogP contribution in [-0.2, 0) is 6.54 Å². The topological polar surface area (TPSA) is 85.4 Å². The molecule has 0 bridgehead atoms. The fraction of sp³-hybridized carbons (Fsp3) is 0.364. The average molecular weight is 230 g/mol. The van der Waals surface area contributed by atoms with Gasteiger partial charge in [-0.2, -0.15) is 15.2 Å². The lowest BCUT2D eigenvalue weighted by molar-refractivity contribution is 0.611. The van der Waals surface area contributed by atoms with Crippen molar-refractivity contribution in [2.45, 2.75) is 26.8 Å². The Morgan fingerprint density at radius 2 is 2.35 bits per heavy atom. The van der Waals surface area contributed by atoms with Crippen molar-refractivity contribution in [2.75, 3.05) is 5.73 Å². The van der Waals surface area contributed by atoms with Gasteiger partial charge in [-0.1, -0.05) is 12.8 Å². The molecule has 2 rings (SSSR count). The van der Waals surface area contributed by atoms with E-state index in [2.05, 4.69) is 39.0 Å². The molecule has 0 spiro atoms. The Morgan fingerprint density at radius 3 is 3.06 bits per heavy atom. The van der Waals surface area contributed by atoms with Gasteiger partial charge in [0.1, 0.15) is 5.82 Å². The summed E-state index contributed by atoms with van der Waals surface area (Å²) < 4.78 is 1.75. The second-order valence-corrected chi connectivity index (χ2v) is 3.55. The SMILES string of the molecule is CC#Cc1nc(-c2cnn(CCC)c2N)n[nH]1. The Kier molecular flexibility index (Phi) is 3.10. The van der Waals surface area contributed by atoms with Crippen LogP contribution in [-0.4, -0.2) is 25.0 Å². The molecule has 0 aromatic carbocycles. The first-order valence-corrected chi connectivity index (χ1v) is 5.43. The molecule has 0 atom stereocenters. The Labute approximate surface area is 99.2 Å². The van der Waals surface area contributed by atoms with Crippen LogP contribution in [0.25, 0.3) is 11.4 Å². The van der Waals surface area contributed by atoms with Gasteiger partial charge in [0.2, 0.25) is 5.82 Å². The van der Waals surface area contributed by atoms with E-state index in [1.807, 2.05) is 0 Å². The monoisotopic (exact) mass is 230 g/mol. The number of H-pyrrole nitrogens is 1. The lowest BCUT2D eigenvalue weighted by Gasteiger charge is -2.00. The number of nitrogens with zero attached hydrogens (tertiary/aromatic N) is 4. The van der Waals surface area contributed by atoms with Crippen LogP contribution in [0.1, 0.15) is 26.1 Å². The number of aromatic nitrogens is 5. The summed E-state index contributed by atoms with van der Waals surface area (Å²) in [6.07, 6.45) is 2.66. The molecular weight excluding hydrogens is 216 g/mol. The summed E-state index contributed by atoms with van der Waals surface area (Å²) in [7, 11) is 0. The number of rotatable bonds is 3. The van der Waals surface area contributed by atoms with E-state index >= 15 is 0 Å². The van der Waals surface area contributed by atoms with Crippen molar-refractivity contribution < 1.29 is 0 Å². The molecule has 0 aliphatic heterocycles. The van der Waals surface area contributed by atoms with Crippen LogP contribution in [0, 0.1) is 11.8 Å². The highest BCUT2D eigenvalue weighted by Crippen LogP contribution is 2.21. The maximum Gasteiger partial charge on any atom is 0.201 e. The van der Waals surface area contributed by atoms with Crippen LogP contribution >= 0.6 is 0 Å². The van der Waals surface area contributed by atoms with Crippen LogP contribution in [0.2, 0.25) is 0 Å². The summed E-state index contributed by atoms with van der Waals surface area (Å²) in [4.78, 5) is 4.23. The zero-order valence-corrected chi connectivity index (χ0v) is 9.86. The Balaban J connectivity index is 2.34. The van der Waals surface area contributed by atoms with Crippen molar-refractivity contribution in [1.82, 2.24) is 25.0 Å². The first-order chi connectivity index (χ1) is 8.26. The molecule has 0 aliphatic carbocycles. The molecule has 88 valence electrons. The normalized spacial score (nSPS) is 10.0. The minimum Gasteiger partial charge on any atom is -0.383 e. The summed E-state index contributed by atoms with van der Waals surface area (Å²) in [5, 5.41) is 11.0. The van der Waals surface area contributed by atoms with E-state index in [1.54, 1.807) is 17.8 Å². The molecular formula is C11H14N6. The molecule has 3 N–H and O–H groups in total. The standard InChI is InChI=1S/C11H14N6/c1-3-5-9-14-11(16-15-9)8-7-13-17(6-4-2)10(8)12/h7H,4,6,12H2,1-2H3,(H,14,15,16). The molecule has 0 unspecified atom stereocenters. The summed E-state index contributed by atoms with van der Waals surface area (Å²) in [6, 6.07) is 0. The predicted molar refractivity (Wildman–Crippen MR) is 64.9 cm³/mol. The van der Waals surface area contributed by atoms with Gasteiger partial charge in [-0.3, -0.25) is 5.10 Å². The molecule has 0 fully saturated rings. The zero-order valence-electron chi connectivity index (χ0n) is 9.86. The van der Waals surface area contributed by atoms with E-state index in [0.29, 0.717) is 17.5 Å². The average Bonchev–Trinajstić information content (AvgIpc) is 2.89. The fourth-order valence-electron chi connectivity index (χ4n) is 1.51. The fourth-order valence-corrected chi connectivity index (χ4v) is 1.51. The first kappa shape index (κ1) is 11.2. The minimum atomic E-state index is 0.530. The third-order valence-electron chi connectivity index (χ3n) is 2.29. The highest BCUT2D eigenvalue weighted by atomic mass is 15.3. The highest BCUT2D eigenvalue weighted by molar-refractivity contribution is 5.67. The van der Waals surface area contributed by atoms with Gasteiger partial charge in [-0.15, -0.1) is 0 Å². The zero-order chi connectivity index (χ0) is 12.3. The van der Waals surface area contributed by atoms with Crippen LogP contribution in [0.4, 0.5) is 5.82 Å². The van der Waals surface area contributed by atoms with E-state index in [9.17, 15) is 0 Å². The summed E-state index contributed by atoms with van der Waals surface area (Å²) in [5.41, 5.74) is 6.71. The van der Waals surface area contributed by atoms with Crippen LogP contribution in [0.3, 0.4) is 0 Å². The molecule has 0 amide bonds. The summed E-state index contributed by atoms with van der Waals surface area (Å²) in [6.45, 7) is 4.61. The van der Waals surface area contributed by atoms with Crippen molar-refractivity contribution in [3.8, 4) is 23.2 Å². The maximum atomic E-state index is 5.98. The number of nitrogens with two attached hydrogens (primary N) is 1. The first-order valence-electron chi connectivity index (χ1n) is 5.43. The lowest BCUT2D eigenvalue weighted by Crippen LogP contribution is -2.04.